The Morgan fingerprint density at radius 3 is 2.56 bits per heavy atom. The minimum Gasteiger partial charge on any atom is -0.475 e. The number of nitrogens with zero attached hydrogens (tertiary/aromatic N) is 7. The normalized spacial score (nSPS) is 28.5. The Kier molecular flexibility index (Phi) is 8.94. The van der Waals surface area contributed by atoms with Gasteiger partial charge in [-0.2, -0.15) is 5.10 Å². The molecule has 1 saturated carbocycles. The number of carbonyl (C=O) groups is 2. The largest absolute Gasteiger partial charge is 0.475 e. The number of fused-ring (bicyclic) bond motifs is 1. The Morgan fingerprint density at radius 2 is 1.84 bits per heavy atom. The number of hydrogen-bond acceptors (Lipinski definition) is 9. The number of benzene rings is 1. The van der Waals surface area contributed by atoms with Crippen molar-refractivity contribution in [2.75, 3.05) is 39.3 Å². The van der Waals surface area contributed by atoms with Gasteiger partial charge in [0.05, 0.1) is 24.1 Å². The Hall–Kier alpha value is -4.13. The molecule has 4 fully saturated rings. The van der Waals surface area contributed by atoms with Crippen molar-refractivity contribution >= 4 is 17.4 Å². The second-order valence-corrected chi connectivity index (χ2v) is 15.2. The van der Waals surface area contributed by atoms with Crippen LogP contribution in [0.4, 0.5) is 0 Å². The van der Waals surface area contributed by atoms with Gasteiger partial charge >= 0.3 is 0 Å². The highest BCUT2D eigenvalue weighted by Gasteiger charge is 2.53. The number of aryl methyl sites for hydroxylation is 1. The summed E-state index contributed by atoms with van der Waals surface area (Å²) in [4.78, 5) is 42.9. The van der Waals surface area contributed by atoms with Crippen LogP contribution in [-0.4, -0.2) is 104 Å². The lowest BCUT2D eigenvalue weighted by Crippen LogP contribution is -2.47. The number of amides is 2. The predicted molar refractivity (Wildman–Crippen MR) is 189 cm³/mol. The zero-order valence-electron chi connectivity index (χ0n) is 29.4. The molecule has 1 aromatic carbocycles. The summed E-state index contributed by atoms with van der Waals surface area (Å²) >= 11 is 0. The van der Waals surface area contributed by atoms with E-state index >= 15 is 0 Å². The molecule has 4 aliphatic heterocycles. The molecule has 50 heavy (non-hydrogen) atoms. The van der Waals surface area contributed by atoms with E-state index in [-0.39, 0.29) is 29.5 Å². The van der Waals surface area contributed by atoms with Crippen molar-refractivity contribution in [1.82, 2.24) is 45.3 Å². The molecule has 1 aliphatic carbocycles. The van der Waals surface area contributed by atoms with Crippen LogP contribution >= 0.6 is 0 Å². The molecule has 2 aromatic heterocycles. The first-order chi connectivity index (χ1) is 24.2. The number of hydrogen-bond donors (Lipinski definition) is 2. The van der Waals surface area contributed by atoms with Gasteiger partial charge in [-0.25, -0.2) is 15.4 Å². The van der Waals surface area contributed by atoms with Gasteiger partial charge in [0.25, 0.3) is 0 Å². The van der Waals surface area contributed by atoms with Crippen LogP contribution in [0, 0.1) is 11.3 Å². The van der Waals surface area contributed by atoms with Gasteiger partial charge in [0.2, 0.25) is 17.7 Å². The minimum absolute atomic E-state index is 0.0880. The molecule has 2 amide bonds. The summed E-state index contributed by atoms with van der Waals surface area (Å²) in [5, 5.41) is 4.39. The van der Waals surface area contributed by atoms with Gasteiger partial charge in [0.15, 0.2) is 5.82 Å². The molecule has 6 heterocycles. The highest BCUT2D eigenvalue weighted by Crippen LogP contribution is 2.45. The first-order valence-electron chi connectivity index (χ1n) is 18.3. The van der Waals surface area contributed by atoms with Crippen LogP contribution in [0.15, 0.2) is 55.0 Å². The monoisotopic (exact) mass is 679 g/mol. The summed E-state index contributed by atoms with van der Waals surface area (Å²) in [7, 11) is 1.87. The predicted octanol–water partition coefficient (Wildman–Crippen LogP) is 3.59. The van der Waals surface area contributed by atoms with Gasteiger partial charge in [-0.3, -0.25) is 24.6 Å². The van der Waals surface area contributed by atoms with Crippen molar-refractivity contribution in [3.8, 4) is 17.3 Å². The molecule has 1 spiro atoms. The quantitative estimate of drug-likeness (QED) is 0.368. The first kappa shape index (κ1) is 33.0. The highest BCUT2D eigenvalue weighted by atomic mass is 16.5. The molecular weight excluding hydrogens is 630 g/mol. The topological polar surface area (TPSA) is 121 Å². The number of ether oxygens (including phenoxy) is 1. The Bertz CT molecular complexity index is 1740. The average Bonchev–Trinajstić information content (AvgIpc) is 3.92. The molecule has 8 rings (SSSR count). The lowest BCUT2D eigenvalue weighted by molar-refractivity contribution is -0.139. The maximum Gasteiger partial charge on any atom is 0.237 e. The van der Waals surface area contributed by atoms with E-state index in [9.17, 15) is 9.59 Å². The summed E-state index contributed by atoms with van der Waals surface area (Å²) in [5.41, 5.74) is 11.3. The van der Waals surface area contributed by atoms with Crippen molar-refractivity contribution < 1.29 is 14.3 Å². The summed E-state index contributed by atoms with van der Waals surface area (Å²) in [6, 6.07) is 13.2. The smallest absolute Gasteiger partial charge is 0.237 e. The first-order valence-corrected chi connectivity index (χ1v) is 18.3. The van der Waals surface area contributed by atoms with Crippen molar-refractivity contribution in [1.29, 1.82) is 0 Å². The number of hydrazine groups is 1. The summed E-state index contributed by atoms with van der Waals surface area (Å²) in [6.45, 7) is 8.01. The number of carbonyl (C=O) groups excluding carboxylic acids is 2. The zero-order valence-corrected chi connectivity index (χ0v) is 29.4. The zero-order chi connectivity index (χ0) is 34.4. The molecule has 0 radical (unpaired) electrons. The maximum absolute atomic E-state index is 14.1. The number of likely N-dealkylation sites (tertiary alicyclic amines) is 2. The van der Waals surface area contributed by atoms with Crippen LogP contribution in [0.1, 0.15) is 69.5 Å². The Morgan fingerprint density at radius 1 is 1.02 bits per heavy atom. The molecule has 264 valence electrons. The lowest BCUT2D eigenvalue weighted by Gasteiger charge is -2.38. The summed E-state index contributed by atoms with van der Waals surface area (Å²) in [5.74, 6) is 2.21. The van der Waals surface area contributed by atoms with Crippen molar-refractivity contribution in [3.05, 3.63) is 66.1 Å². The fraction of sp³-hybridized carbons (Fsp3) is 0.553. The van der Waals surface area contributed by atoms with Gasteiger partial charge in [-0.15, -0.1) is 0 Å². The van der Waals surface area contributed by atoms with Crippen molar-refractivity contribution in [2.24, 2.45) is 18.4 Å². The highest BCUT2D eigenvalue weighted by molar-refractivity contribution is 5.86. The van der Waals surface area contributed by atoms with E-state index in [1.165, 1.54) is 11.1 Å². The molecule has 12 heteroatoms. The molecule has 12 nitrogen and oxygen atoms in total. The summed E-state index contributed by atoms with van der Waals surface area (Å²) < 4.78 is 7.46. The third kappa shape index (κ3) is 6.44. The van der Waals surface area contributed by atoms with Crippen LogP contribution in [-0.2, 0) is 16.6 Å². The van der Waals surface area contributed by atoms with Gasteiger partial charge in [-0.05, 0) is 81.5 Å². The Balaban J connectivity index is 0.840. The minimum atomic E-state index is -0.356. The molecule has 5 aliphatic rings. The third-order valence-corrected chi connectivity index (χ3v) is 11.7. The molecule has 3 aromatic rings. The fourth-order valence-corrected chi connectivity index (χ4v) is 8.96. The van der Waals surface area contributed by atoms with Crippen molar-refractivity contribution in [3.63, 3.8) is 0 Å². The van der Waals surface area contributed by atoms with Crippen LogP contribution < -0.4 is 15.6 Å². The van der Waals surface area contributed by atoms with Crippen LogP contribution in [0.3, 0.4) is 0 Å². The van der Waals surface area contributed by atoms with Gasteiger partial charge in [0.1, 0.15) is 6.33 Å². The van der Waals surface area contributed by atoms with E-state index in [0.29, 0.717) is 49.9 Å². The van der Waals surface area contributed by atoms with E-state index in [1.807, 2.05) is 38.1 Å². The fourth-order valence-electron chi connectivity index (χ4n) is 8.96. The number of aromatic nitrogens is 4. The molecule has 4 unspecified atom stereocenters. The van der Waals surface area contributed by atoms with E-state index in [4.69, 9.17) is 4.74 Å². The van der Waals surface area contributed by atoms with Crippen molar-refractivity contribution in [2.45, 2.75) is 76.6 Å². The average molecular weight is 680 g/mol. The Labute approximate surface area is 294 Å². The molecule has 3 saturated heterocycles. The molecule has 5 atom stereocenters. The number of pyridine rings is 1. The van der Waals surface area contributed by atoms with E-state index in [1.54, 1.807) is 11.0 Å². The van der Waals surface area contributed by atoms with E-state index in [0.717, 1.165) is 68.6 Å². The SMILES string of the molecule is CC(C)Oc1ccc(C2NNC3CCC(N4CC[C@@]5(CCN(CC(=O)N6CC=C(c7ccc(-c8ncn(C)n8)cc7)CC6)C5)C4=O)CC32)cn1. The third-order valence-electron chi connectivity index (χ3n) is 11.7. The summed E-state index contributed by atoms with van der Waals surface area (Å²) in [6.07, 6.45) is 11.5. The molecule has 0 bridgehead atoms. The lowest BCUT2D eigenvalue weighted by atomic mass is 9.77. The van der Waals surface area contributed by atoms with Gasteiger partial charge in [-0.1, -0.05) is 36.4 Å². The van der Waals surface area contributed by atoms with Crippen LogP contribution in [0.25, 0.3) is 17.0 Å². The maximum atomic E-state index is 14.1. The van der Waals surface area contributed by atoms with E-state index < -0.39 is 0 Å². The second kappa shape index (κ2) is 13.5. The van der Waals surface area contributed by atoms with E-state index in [2.05, 4.69) is 72.1 Å². The standard InChI is InChI=1S/C38H49N9O3/c1-25(2)50-33-11-8-29(21-39-33)35-31-20-30(9-10-32(31)41-42-35)47-19-15-38(37(47)49)14-18-45(23-38)22-34(48)46-16-12-27(13-17-46)26-4-6-28(7-5-26)36-40-24-44(3)43-36/h4-8,11-12,21,24-25,30-32,35,41-42H,9-10,13-20,22-23H2,1-3H3/t30?,31?,32?,35?,38-/m1/s1. The number of rotatable bonds is 8. The second-order valence-electron chi connectivity index (χ2n) is 15.2. The van der Waals surface area contributed by atoms with Gasteiger partial charge < -0.3 is 14.5 Å². The molecule has 2 N–H and O–H groups in total. The number of nitrogens with one attached hydrogen (secondary N) is 2. The van der Waals surface area contributed by atoms with Gasteiger partial charge in [0, 0.05) is 63.1 Å². The van der Waals surface area contributed by atoms with Crippen LogP contribution in [0.2, 0.25) is 0 Å². The van der Waals surface area contributed by atoms with Crippen LogP contribution in [0.5, 0.6) is 5.88 Å². The molecular formula is C38H49N9O3.